The number of benzene rings is 2. The molecular formula is C30H31NO4S. The van der Waals surface area contributed by atoms with Crippen LogP contribution in [0.1, 0.15) is 37.0 Å². The molecule has 0 saturated carbocycles. The second kappa shape index (κ2) is 11.6. The highest BCUT2D eigenvalue weighted by molar-refractivity contribution is 7.20. The summed E-state index contributed by atoms with van der Waals surface area (Å²) in [5.74, 6) is 2.56. The van der Waals surface area contributed by atoms with Crippen LogP contribution in [0.5, 0.6) is 23.0 Å². The number of piperidine rings is 1. The Balaban J connectivity index is 1.36. The number of allylic oxidation sites excluding steroid dienone is 6. The Labute approximate surface area is 216 Å². The van der Waals surface area contributed by atoms with Crippen molar-refractivity contribution in [3.63, 3.8) is 0 Å². The second-order valence-electron chi connectivity index (χ2n) is 9.18. The summed E-state index contributed by atoms with van der Waals surface area (Å²) in [6, 6.07) is 13.1. The molecule has 3 aromatic rings. The molecule has 0 amide bonds. The second-order valence-corrected chi connectivity index (χ2v) is 10.2. The first-order valence-corrected chi connectivity index (χ1v) is 13.4. The third-order valence-electron chi connectivity index (χ3n) is 6.59. The summed E-state index contributed by atoms with van der Waals surface area (Å²) in [5, 5.41) is 11.0. The van der Waals surface area contributed by atoms with E-state index in [9.17, 15) is 9.90 Å². The highest BCUT2D eigenvalue weighted by Gasteiger charge is 2.19. The number of aldehydes is 1. The van der Waals surface area contributed by atoms with Gasteiger partial charge in [-0.1, -0.05) is 30.7 Å². The molecule has 1 aromatic heterocycles. The average molecular weight is 502 g/mol. The van der Waals surface area contributed by atoms with Crippen molar-refractivity contribution in [1.29, 1.82) is 0 Å². The summed E-state index contributed by atoms with van der Waals surface area (Å²) >= 11 is 1.59. The van der Waals surface area contributed by atoms with Gasteiger partial charge in [0.15, 0.2) is 5.75 Å². The van der Waals surface area contributed by atoms with E-state index in [1.165, 1.54) is 32.4 Å². The van der Waals surface area contributed by atoms with Gasteiger partial charge in [-0.25, -0.2) is 0 Å². The lowest BCUT2D eigenvalue weighted by Crippen LogP contribution is -2.33. The van der Waals surface area contributed by atoms with Gasteiger partial charge in [-0.3, -0.25) is 9.69 Å². The zero-order chi connectivity index (χ0) is 24.7. The van der Waals surface area contributed by atoms with E-state index >= 15 is 0 Å². The molecule has 6 heteroatoms. The Morgan fingerprint density at radius 3 is 2.61 bits per heavy atom. The van der Waals surface area contributed by atoms with Gasteiger partial charge in [0, 0.05) is 22.2 Å². The smallest absolute Gasteiger partial charge is 0.153 e. The molecular weight excluding hydrogens is 470 g/mol. The van der Waals surface area contributed by atoms with Gasteiger partial charge in [-0.05, 0) is 86.8 Å². The molecule has 5 nitrogen and oxygen atoms in total. The maximum Gasteiger partial charge on any atom is 0.153 e. The number of hydrogen-bond donors (Lipinski definition) is 1. The zero-order valence-corrected chi connectivity index (χ0v) is 21.1. The topological polar surface area (TPSA) is 59.0 Å². The summed E-state index contributed by atoms with van der Waals surface area (Å²) < 4.78 is 13.4. The van der Waals surface area contributed by atoms with Gasteiger partial charge >= 0.3 is 0 Å². The normalized spacial score (nSPS) is 20.4. The molecule has 0 bridgehead atoms. The largest absolute Gasteiger partial charge is 0.508 e. The molecule has 2 aliphatic rings. The van der Waals surface area contributed by atoms with Crippen LogP contribution < -0.4 is 9.47 Å². The molecule has 0 unspecified atom stereocenters. The SMILES string of the molecule is O=CC1=C/C=C(/c2sc3cc(O)ccc3c2Oc2ccc(OCCN3CCCCC3)cc2)CC/C=C\1. The Morgan fingerprint density at radius 2 is 1.81 bits per heavy atom. The molecule has 36 heavy (non-hydrogen) atoms. The van der Waals surface area contributed by atoms with E-state index in [0.717, 1.165) is 63.5 Å². The number of nitrogens with zero attached hydrogens (tertiary/aromatic N) is 1. The van der Waals surface area contributed by atoms with Gasteiger partial charge < -0.3 is 14.6 Å². The number of phenols is 1. The Kier molecular flexibility index (Phi) is 7.84. The Morgan fingerprint density at radius 1 is 1.00 bits per heavy atom. The van der Waals surface area contributed by atoms with Crippen LogP contribution in [0.3, 0.4) is 0 Å². The minimum absolute atomic E-state index is 0.227. The third kappa shape index (κ3) is 5.89. The number of fused-ring (bicyclic) bond motifs is 1. The molecule has 0 spiro atoms. The van der Waals surface area contributed by atoms with Crippen molar-refractivity contribution in [3.05, 3.63) is 77.2 Å². The van der Waals surface area contributed by atoms with Crippen LogP contribution in [0.15, 0.2) is 72.3 Å². The minimum atomic E-state index is 0.227. The van der Waals surface area contributed by atoms with E-state index < -0.39 is 0 Å². The van der Waals surface area contributed by atoms with E-state index in [1.54, 1.807) is 23.5 Å². The Bertz CT molecular complexity index is 1300. The first-order valence-electron chi connectivity index (χ1n) is 12.6. The van der Waals surface area contributed by atoms with E-state index in [0.29, 0.717) is 12.2 Å². The molecule has 2 aromatic carbocycles. The monoisotopic (exact) mass is 501 g/mol. The lowest BCUT2D eigenvalue weighted by molar-refractivity contribution is -0.104. The van der Waals surface area contributed by atoms with Crippen molar-refractivity contribution in [2.75, 3.05) is 26.2 Å². The average Bonchev–Trinajstić information content (AvgIpc) is 3.23. The molecule has 1 saturated heterocycles. The van der Waals surface area contributed by atoms with Gasteiger partial charge in [-0.15, -0.1) is 11.3 Å². The standard InChI is InChI=1S/C30H31NO4S/c32-21-22-6-2-3-7-23(9-8-22)30-29(27-15-10-24(33)20-28(27)36-30)35-26-13-11-25(12-14-26)34-19-18-31-16-4-1-5-17-31/h2,6,8-15,20-21,33H,1,3-5,7,16-19H2/b6-2-,22-8+,23-9+. The number of ether oxygens (including phenoxy) is 2. The fourth-order valence-electron chi connectivity index (χ4n) is 4.63. The molecule has 0 atom stereocenters. The minimum Gasteiger partial charge on any atom is -0.508 e. The van der Waals surface area contributed by atoms with E-state index in [4.69, 9.17) is 9.47 Å². The fourth-order valence-corrected chi connectivity index (χ4v) is 5.85. The van der Waals surface area contributed by atoms with Gasteiger partial charge in [0.1, 0.15) is 30.1 Å². The Hall–Kier alpha value is -3.35. The van der Waals surface area contributed by atoms with E-state index in [-0.39, 0.29) is 5.75 Å². The maximum atomic E-state index is 11.3. The lowest BCUT2D eigenvalue weighted by Gasteiger charge is -2.26. The molecule has 1 aliphatic carbocycles. The molecule has 1 N–H and O–H groups in total. The van der Waals surface area contributed by atoms with Crippen LogP contribution in [-0.4, -0.2) is 42.5 Å². The zero-order valence-electron chi connectivity index (χ0n) is 20.3. The predicted molar refractivity (Wildman–Crippen MR) is 146 cm³/mol. The summed E-state index contributed by atoms with van der Waals surface area (Å²) in [7, 11) is 0. The fraction of sp³-hybridized carbons (Fsp3) is 0.300. The summed E-state index contributed by atoms with van der Waals surface area (Å²) in [4.78, 5) is 14.8. The molecule has 1 fully saturated rings. The number of hydrogen-bond acceptors (Lipinski definition) is 6. The van der Waals surface area contributed by atoms with Crippen LogP contribution >= 0.6 is 11.3 Å². The molecule has 186 valence electrons. The van der Waals surface area contributed by atoms with Crippen molar-refractivity contribution in [2.24, 2.45) is 0 Å². The van der Waals surface area contributed by atoms with Gasteiger partial charge in [-0.2, -0.15) is 0 Å². The molecule has 0 radical (unpaired) electrons. The predicted octanol–water partition coefficient (Wildman–Crippen LogP) is 7.12. The van der Waals surface area contributed by atoms with E-state index in [1.807, 2.05) is 54.6 Å². The number of carbonyl (C=O) groups excluding carboxylic acids is 1. The van der Waals surface area contributed by atoms with Crippen LogP contribution in [-0.2, 0) is 4.79 Å². The number of aromatic hydroxyl groups is 1. The van der Waals surface area contributed by atoms with Crippen LogP contribution in [0.25, 0.3) is 15.7 Å². The number of likely N-dealkylation sites (tertiary alicyclic amines) is 1. The van der Waals surface area contributed by atoms with Crippen molar-refractivity contribution in [2.45, 2.75) is 32.1 Å². The molecule has 1 aliphatic heterocycles. The van der Waals surface area contributed by atoms with E-state index in [2.05, 4.69) is 4.90 Å². The summed E-state index contributed by atoms with van der Waals surface area (Å²) in [5.41, 5.74) is 1.75. The van der Waals surface area contributed by atoms with Gasteiger partial charge in [0.05, 0.1) is 4.88 Å². The summed E-state index contributed by atoms with van der Waals surface area (Å²) in [6.45, 7) is 3.98. The first kappa shape index (κ1) is 24.3. The van der Waals surface area contributed by atoms with Crippen molar-refractivity contribution in [3.8, 4) is 23.0 Å². The highest BCUT2D eigenvalue weighted by Crippen LogP contribution is 2.46. The number of phenolic OH excluding ortho intramolecular Hbond substituents is 1. The lowest BCUT2D eigenvalue weighted by atomic mass is 10.0. The van der Waals surface area contributed by atoms with Gasteiger partial charge in [0.25, 0.3) is 0 Å². The quantitative estimate of drug-likeness (QED) is 0.333. The number of thiophene rings is 1. The van der Waals surface area contributed by atoms with Crippen molar-refractivity contribution < 1.29 is 19.4 Å². The number of carbonyl (C=O) groups is 1. The van der Waals surface area contributed by atoms with Crippen molar-refractivity contribution in [1.82, 2.24) is 4.90 Å². The molecule has 5 rings (SSSR count). The third-order valence-corrected chi connectivity index (χ3v) is 7.80. The summed E-state index contributed by atoms with van der Waals surface area (Å²) in [6.07, 6.45) is 14.2. The van der Waals surface area contributed by atoms with Crippen molar-refractivity contribution >= 4 is 33.3 Å². The highest BCUT2D eigenvalue weighted by atomic mass is 32.1. The number of rotatable bonds is 8. The maximum absolute atomic E-state index is 11.3. The van der Waals surface area contributed by atoms with Gasteiger partial charge in [0.2, 0.25) is 0 Å². The van der Waals surface area contributed by atoms with Crippen LogP contribution in [0, 0.1) is 0 Å². The van der Waals surface area contributed by atoms with Crippen LogP contribution in [0.2, 0.25) is 0 Å². The first-order chi connectivity index (χ1) is 17.7. The van der Waals surface area contributed by atoms with Crippen LogP contribution in [0.4, 0.5) is 0 Å². The molecule has 2 heterocycles.